The van der Waals surface area contributed by atoms with E-state index >= 15 is 0 Å². The van der Waals surface area contributed by atoms with Gasteiger partial charge in [-0.1, -0.05) is 29.3 Å². The van der Waals surface area contributed by atoms with Gasteiger partial charge in [0.2, 0.25) is 0 Å². The van der Waals surface area contributed by atoms with E-state index < -0.39 is 0 Å². The zero-order valence-electron chi connectivity index (χ0n) is 9.86. The van der Waals surface area contributed by atoms with Crippen molar-refractivity contribution in [2.75, 3.05) is 5.73 Å². The number of hydrogen-bond acceptors (Lipinski definition) is 3. The van der Waals surface area contributed by atoms with Crippen molar-refractivity contribution in [1.29, 1.82) is 5.26 Å². The number of rotatable bonds is 3. The highest BCUT2D eigenvalue weighted by molar-refractivity contribution is 6.35. The number of ether oxygens (including phenoxy) is 1. The van der Waals surface area contributed by atoms with Crippen LogP contribution in [0.2, 0.25) is 10.0 Å². The molecule has 0 atom stereocenters. The minimum absolute atomic E-state index is 0.192. The first-order chi connectivity index (χ1) is 9.11. The van der Waals surface area contributed by atoms with Crippen LogP contribution in [0, 0.1) is 11.3 Å². The maximum absolute atomic E-state index is 9.01. The molecule has 0 aliphatic carbocycles. The number of anilines is 1. The van der Waals surface area contributed by atoms with Crippen LogP contribution in [0.3, 0.4) is 0 Å². The van der Waals surface area contributed by atoms with Gasteiger partial charge < -0.3 is 10.5 Å². The van der Waals surface area contributed by atoms with Crippen molar-refractivity contribution in [3.63, 3.8) is 0 Å². The first-order valence-corrected chi connectivity index (χ1v) is 6.22. The van der Waals surface area contributed by atoms with E-state index in [1.807, 2.05) is 6.07 Å². The van der Waals surface area contributed by atoms with E-state index in [0.717, 1.165) is 0 Å². The zero-order valence-corrected chi connectivity index (χ0v) is 11.4. The molecule has 0 saturated carbocycles. The molecule has 0 unspecified atom stereocenters. The third kappa shape index (κ3) is 3.11. The minimum atomic E-state index is 0.192. The predicted octanol–water partition coefficient (Wildman–Crippen LogP) is 4.03. The van der Waals surface area contributed by atoms with Crippen LogP contribution >= 0.6 is 23.2 Å². The Balaban J connectivity index is 2.22. The fourth-order valence-corrected chi connectivity index (χ4v) is 2.09. The Morgan fingerprint density at radius 1 is 1.16 bits per heavy atom. The third-order valence-electron chi connectivity index (χ3n) is 2.56. The Morgan fingerprint density at radius 2 is 1.84 bits per heavy atom. The molecule has 0 heterocycles. The highest BCUT2D eigenvalue weighted by Gasteiger charge is 2.08. The van der Waals surface area contributed by atoms with E-state index in [-0.39, 0.29) is 6.61 Å². The molecule has 0 bridgehead atoms. The lowest BCUT2D eigenvalue weighted by Crippen LogP contribution is -1.99. The van der Waals surface area contributed by atoms with Crippen molar-refractivity contribution < 1.29 is 4.74 Å². The summed E-state index contributed by atoms with van der Waals surface area (Å²) in [6.07, 6.45) is 0. The number of halogens is 2. The molecule has 0 aliphatic heterocycles. The van der Waals surface area contributed by atoms with Crippen LogP contribution < -0.4 is 10.5 Å². The number of nitrogen functional groups attached to an aromatic ring is 1. The molecule has 96 valence electrons. The highest BCUT2D eigenvalue weighted by atomic mass is 35.5. The van der Waals surface area contributed by atoms with E-state index in [9.17, 15) is 0 Å². The lowest BCUT2D eigenvalue weighted by molar-refractivity contribution is 0.305. The standard InChI is InChI=1S/C14H10Cl2N2O/c15-12-2-1-3-13(16)11(12)8-19-14-5-4-10(18)6-9(14)7-17/h1-6H,8,18H2. The molecule has 2 aromatic rings. The van der Waals surface area contributed by atoms with Gasteiger partial charge in [-0.25, -0.2) is 0 Å². The predicted molar refractivity (Wildman–Crippen MR) is 76.4 cm³/mol. The summed E-state index contributed by atoms with van der Waals surface area (Å²) < 4.78 is 5.58. The van der Waals surface area contributed by atoms with Gasteiger partial charge in [0.1, 0.15) is 18.4 Å². The topological polar surface area (TPSA) is 59.0 Å². The molecule has 2 rings (SSSR count). The second-order valence-corrected chi connectivity index (χ2v) is 4.67. The molecule has 0 spiro atoms. The van der Waals surface area contributed by atoms with Gasteiger partial charge in [-0.15, -0.1) is 0 Å². The van der Waals surface area contributed by atoms with Crippen LogP contribution in [0.25, 0.3) is 0 Å². The first kappa shape index (κ1) is 13.5. The lowest BCUT2D eigenvalue weighted by atomic mass is 10.2. The molecule has 0 aliphatic rings. The quantitative estimate of drug-likeness (QED) is 0.869. The largest absolute Gasteiger partial charge is 0.487 e. The average molecular weight is 293 g/mol. The number of hydrogen-bond donors (Lipinski definition) is 1. The SMILES string of the molecule is N#Cc1cc(N)ccc1OCc1c(Cl)cccc1Cl. The van der Waals surface area contributed by atoms with Crippen LogP contribution in [0.15, 0.2) is 36.4 Å². The normalized spacial score (nSPS) is 9.95. The van der Waals surface area contributed by atoms with Crippen molar-refractivity contribution in [2.45, 2.75) is 6.61 Å². The van der Waals surface area contributed by atoms with Crippen molar-refractivity contribution in [2.24, 2.45) is 0 Å². The van der Waals surface area contributed by atoms with Crippen LogP contribution in [0.1, 0.15) is 11.1 Å². The highest BCUT2D eigenvalue weighted by Crippen LogP contribution is 2.27. The molecule has 19 heavy (non-hydrogen) atoms. The van der Waals surface area contributed by atoms with Gasteiger partial charge in [0.25, 0.3) is 0 Å². The Morgan fingerprint density at radius 3 is 2.47 bits per heavy atom. The summed E-state index contributed by atoms with van der Waals surface area (Å²) in [7, 11) is 0. The van der Waals surface area contributed by atoms with Crippen LogP contribution in [-0.2, 0) is 6.61 Å². The van der Waals surface area contributed by atoms with Gasteiger partial charge in [0, 0.05) is 21.3 Å². The second kappa shape index (κ2) is 5.83. The van der Waals surface area contributed by atoms with E-state index in [0.29, 0.717) is 32.6 Å². The Kier molecular flexibility index (Phi) is 4.16. The zero-order chi connectivity index (χ0) is 13.8. The van der Waals surface area contributed by atoms with Crippen molar-refractivity contribution >= 4 is 28.9 Å². The number of benzene rings is 2. The van der Waals surface area contributed by atoms with Crippen molar-refractivity contribution in [3.05, 3.63) is 57.6 Å². The summed E-state index contributed by atoms with van der Waals surface area (Å²) >= 11 is 12.1. The Hall–Kier alpha value is -1.89. The molecule has 0 amide bonds. The number of nitrogens with two attached hydrogens (primary N) is 1. The van der Waals surface area contributed by atoms with Gasteiger partial charge in [-0.3, -0.25) is 0 Å². The summed E-state index contributed by atoms with van der Waals surface area (Å²) in [6.45, 7) is 0.192. The fraction of sp³-hybridized carbons (Fsp3) is 0.0714. The number of nitriles is 1. The van der Waals surface area contributed by atoms with Crippen molar-refractivity contribution in [3.8, 4) is 11.8 Å². The third-order valence-corrected chi connectivity index (χ3v) is 3.27. The molecule has 0 fully saturated rings. The van der Waals surface area contributed by atoms with Gasteiger partial charge in [0.15, 0.2) is 0 Å². The number of nitrogens with zero attached hydrogens (tertiary/aromatic N) is 1. The minimum Gasteiger partial charge on any atom is -0.487 e. The molecule has 2 N–H and O–H groups in total. The van der Waals surface area contributed by atoms with Gasteiger partial charge >= 0.3 is 0 Å². The maximum Gasteiger partial charge on any atom is 0.137 e. The second-order valence-electron chi connectivity index (χ2n) is 3.86. The van der Waals surface area contributed by atoms with E-state index in [1.54, 1.807) is 36.4 Å². The Labute approximate surface area is 121 Å². The molecule has 2 aromatic carbocycles. The molecule has 5 heteroatoms. The average Bonchev–Trinajstić information content (AvgIpc) is 2.39. The lowest BCUT2D eigenvalue weighted by Gasteiger charge is -2.10. The summed E-state index contributed by atoms with van der Waals surface area (Å²) in [6, 6.07) is 12.1. The van der Waals surface area contributed by atoms with E-state index in [1.165, 1.54) is 0 Å². The van der Waals surface area contributed by atoms with E-state index in [2.05, 4.69) is 0 Å². The fourth-order valence-electron chi connectivity index (χ4n) is 1.58. The summed E-state index contributed by atoms with van der Waals surface area (Å²) in [5.74, 6) is 0.452. The first-order valence-electron chi connectivity index (χ1n) is 5.47. The molecule has 0 radical (unpaired) electrons. The van der Waals surface area contributed by atoms with Gasteiger partial charge in [-0.05, 0) is 30.3 Å². The molecule has 0 aromatic heterocycles. The molecule has 3 nitrogen and oxygen atoms in total. The summed E-state index contributed by atoms with van der Waals surface area (Å²) in [5, 5.41) is 10.1. The van der Waals surface area contributed by atoms with Gasteiger partial charge in [0.05, 0.1) is 5.56 Å². The van der Waals surface area contributed by atoms with Crippen LogP contribution in [0.5, 0.6) is 5.75 Å². The maximum atomic E-state index is 9.01. The van der Waals surface area contributed by atoms with Gasteiger partial charge in [-0.2, -0.15) is 5.26 Å². The molecular formula is C14H10Cl2N2O. The summed E-state index contributed by atoms with van der Waals surface area (Å²) in [4.78, 5) is 0. The van der Waals surface area contributed by atoms with Crippen LogP contribution in [-0.4, -0.2) is 0 Å². The summed E-state index contributed by atoms with van der Waals surface area (Å²) in [5.41, 5.74) is 7.19. The smallest absolute Gasteiger partial charge is 0.137 e. The molecule has 0 saturated heterocycles. The molecular weight excluding hydrogens is 283 g/mol. The monoisotopic (exact) mass is 292 g/mol. The Bertz CT molecular complexity index is 630. The van der Waals surface area contributed by atoms with Crippen LogP contribution in [0.4, 0.5) is 5.69 Å². The van der Waals surface area contributed by atoms with Crippen molar-refractivity contribution in [1.82, 2.24) is 0 Å². The van der Waals surface area contributed by atoms with E-state index in [4.69, 9.17) is 38.9 Å².